The minimum Gasteiger partial charge on any atom is -0.399 e. The molecule has 0 saturated carbocycles. The van der Waals surface area contributed by atoms with Crippen LogP contribution in [0.5, 0.6) is 0 Å². The molecule has 0 radical (unpaired) electrons. The number of rotatable bonds is 4. The van der Waals surface area contributed by atoms with Crippen LogP contribution in [0.1, 0.15) is 47.1 Å². The summed E-state index contributed by atoms with van der Waals surface area (Å²) in [6.07, 6.45) is 0. The maximum atomic E-state index is 12.7. The van der Waals surface area contributed by atoms with Crippen molar-refractivity contribution in [3.8, 4) is 0 Å². The second kappa shape index (κ2) is 8.19. The van der Waals surface area contributed by atoms with E-state index in [0.29, 0.717) is 28.2 Å². The molecule has 3 aromatic rings. The van der Waals surface area contributed by atoms with Crippen molar-refractivity contribution in [1.82, 2.24) is 0 Å². The van der Waals surface area contributed by atoms with E-state index in [1.54, 1.807) is 48.5 Å². The van der Waals surface area contributed by atoms with Crippen molar-refractivity contribution in [3.05, 3.63) is 89.5 Å². The van der Waals surface area contributed by atoms with Crippen LogP contribution in [-0.2, 0) is 5.41 Å². The summed E-state index contributed by atoms with van der Waals surface area (Å²) in [7, 11) is 0. The summed E-state index contributed by atoms with van der Waals surface area (Å²) in [4.78, 5) is 25.2. The van der Waals surface area contributed by atoms with Crippen LogP contribution in [0.25, 0.3) is 0 Å². The fraction of sp³-hybridized carbons (Fsp3) is 0.167. The van der Waals surface area contributed by atoms with Gasteiger partial charge in [0, 0.05) is 16.8 Å². The average molecular weight is 387 g/mol. The van der Waals surface area contributed by atoms with Crippen LogP contribution in [0.2, 0.25) is 0 Å². The largest absolute Gasteiger partial charge is 0.399 e. The van der Waals surface area contributed by atoms with Crippen molar-refractivity contribution < 1.29 is 9.59 Å². The Morgan fingerprint density at radius 1 is 0.724 bits per heavy atom. The Labute approximate surface area is 170 Å². The molecule has 0 bridgehead atoms. The number of nitrogens with one attached hydrogen (secondary N) is 2. The summed E-state index contributed by atoms with van der Waals surface area (Å²) in [5, 5.41) is 5.71. The molecule has 3 rings (SSSR count). The number of para-hydroxylation sites is 2. The summed E-state index contributed by atoms with van der Waals surface area (Å²) in [6.45, 7) is 6.38. The number of carbonyl (C=O) groups excluding carboxylic acids is 2. The van der Waals surface area contributed by atoms with Gasteiger partial charge in [-0.05, 0) is 53.4 Å². The summed E-state index contributed by atoms with van der Waals surface area (Å²) in [5.41, 5.74) is 9.47. The molecule has 5 nitrogen and oxygen atoms in total. The van der Waals surface area contributed by atoms with Crippen molar-refractivity contribution in [2.45, 2.75) is 26.2 Å². The molecular formula is C24H25N3O2. The number of amides is 2. The van der Waals surface area contributed by atoms with Gasteiger partial charge in [0.05, 0.1) is 11.4 Å². The molecule has 0 spiro atoms. The molecule has 0 fully saturated rings. The highest BCUT2D eigenvalue weighted by Gasteiger charge is 2.15. The summed E-state index contributed by atoms with van der Waals surface area (Å²) < 4.78 is 0. The van der Waals surface area contributed by atoms with Crippen LogP contribution < -0.4 is 16.4 Å². The standard InChI is InChI=1S/C24H25N3O2/c1-24(2,3)18-13-11-16(12-14-18)22(28)26-20-9-4-5-10-21(20)27-23(29)17-7-6-8-19(25)15-17/h4-15H,25H2,1-3H3,(H,26,28)(H,27,29). The maximum Gasteiger partial charge on any atom is 0.255 e. The Hall–Kier alpha value is -3.60. The summed E-state index contributed by atoms with van der Waals surface area (Å²) >= 11 is 0. The molecule has 0 aliphatic carbocycles. The summed E-state index contributed by atoms with van der Waals surface area (Å²) in [5.74, 6) is -0.537. The lowest BCUT2D eigenvalue weighted by atomic mass is 9.87. The van der Waals surface area contributed by atoms with Crippen LogP contribution in [-0.4, -0.2) is 11.8 Å². The predicted molar refractivity (Wildman–Crippen MR) is 118 cm³/mol. The van der Waals surface area contributed by atoms with Gasteiger partial charge in [-0.3, -0.25) is 9.59 Å². The highest BCUT2D eigenvalue weighted by Crippen LogP contribution is 2.25. The second-order valence-electron chi connectivity index (χ2n) is 7.91. The molecular weight excluding hydrogens is 362 g/mol. The number of carbonyl (C=O) groups is 2. The molecule has 148 valence electrons. The zero-order chi connectivity index (χ0) is 21.0. The minimum absolute atomic E-state index is 0.0206. The van der Waals surface area contributed by atoms with E-state index >= 15 is 0 Å². The van der Waals surface area contributed by atoms with Crippen LogP contribution >= 0.6 is 0 Å². The number of benzene rings is 3. The first kappa shape index (κ1) is 20.1. The van der Waals surface area contributed by atoms with Crippen molar-refractivity contribution in [2.75, 3.05) is 16.4 Å². The summed E-state index contributed by atoms with van der Waals surface area (Å²) in [6, 6.07) is 21.3. The Morgan fingerprint density at radius 3 is 1.79 bits per heavy atom. The Balaban J connectivity index is 1.76. The first-order chi connectivity index (χ1) is 13.7. The van der Waals surface area contributed by atoms with Crippen molar-refractivity contribution >= 4 is 28.9 Å². The Kier molecular flexibility index (Phi) is 5.69. The zero-order valence-corrected chi connectivity index (χ0v) is 16.8. The molecule has 0 aliphatic heterocycles. The lowest BCUT2D eigenvalue weighted by molar-refractivity contribution is 0.101. The van der Waals surface area contributed by atoms with Gasteiger partial charge >= 0.3 is 0 Å². The van der Waals surface area contributed by atoms with Gasteiger partial charge < -0.3 is 16.4 Å². The van der Waals surface area contributed by atoms with E-state index in [1.807, 2.05) is 24.3 Å². The number of anilines is 3. The lowest BCUT2D eigenvalue weighted by Crippen LogP contribution is -2.17. The van der Waals surface area contributed by atoms with Crippen LogP contribution in [0.15, 0.2) is 72.8 Å². The normalized spacial score (nSPS) is 11.0. The van der Waals surface area contributed by atoms with E-state index in [-0.39, 0.29) is 17.2 Å². The SMILES string of the molecule is CC(C)(C)c1ccc(C(=O)Nc2ccccc2NC(=O)c2cccc(N)c2)cc1. The van der Waals surface area contributed by atoms with E-state index in [9.17, 15) is 9.59 Å². The number of nitrogen functional groups attached to an aromatic ring is 1. The van der Waals surface area contributed by atoms with Crippen LogP contribution in [0.3, 0.4) is 0 Å². The third-order valence-electron chi connectivity index (χ3n) is 4.59. The van der Waals surface area contributed by atoms with Gasteiger partial charge in [0.1, 0.15) is 0 Å². The number of hydrogen-bond donors (Lipinski definition) is 3. The van der Waals surface area contributed by atoms with Gasteiger partial charge in [-0.1, -0.05) is 51.1 Å². The van der Waals surface area contributed by atoms with Crippen molar-refractivity contribution in [3.63, 3.8) is 0 Å². The van der Waals surface area contributed by atoms with Gasteiger partial charge in [-0.25, -0.2) is 0 Å². The predicted octanol–water partition coefficient (Wildman–Crippen LogP) is 5.07. The van der Waals surface area contributed by atoms with E-state index in [1.165, 1.54) is 0 Å². The van der Waals surface area contributed by atoms with Crippen LogP contribution in [0.4, 0.5) is 17.1 Å². The van der Waals surface area contributed by atoms with Gasteiger partial charge in [0.2, 0.25) is 0 Å². The first-order valence-electron chi connectivity index (χ1n) is 9.42. The molecule has 2 amide bonds. The fourth-order valence-corrected chi connectivity index (χ4v) is 2.89. The Bertz CT molecular complexity index is 1030. The van der Waals surface area contributed by atoms with Gasteiger partial charge in [-0.15, -0.1) is 0 Å². The topological polar surface area (TPSA) is 84.2 Å². The van der Waals surface area contributed by atoms with E-state index < -0.39 is 0 Å². The average Bonchev–Trinajstić information content (AvgIpc) is 2.69. The number of hydrogen-bond acceptors (Lipinski definition) is 3. The minimum atomic E-state index is -0.298. The van der Waals surface area contributed by atoms with E-state index in [4.69, 9.17) is 5.73 Å². The third kappa shape index (κ3) is 5.02. The second-order valence-corrected chi connectivity index (χ2v) is 7.91. The lowest BCUT2D eigenvalue weighted by Gasteiger charge is -2.19. The van der Waals surface area contributed by atoms with Gasteiger partial charge in [0.15, 0.2) is 0 Å². The highest BCUT2D eigenvalue weighted by molar-refractivity contribution is 6.10. The molecule has 0 saturated heterocycles. The van der Waals surface area contributed by atoms with Gasteiger partial charge in [0.25, 0.3) is 11.8 Å². The molecule has 5 heteroatoms. The molecule has 0 heterocycles. The van der Waals surface area contributed by atoms with Crippen molar-refractivity contribution in [1.29, 1.82) is 0 Å². The smallest absolute Gasteiger partial charge is 0.255 e. The molecule has 0 aliphatic rings. The molecule has 4 N–H and O–H groups in total. The first-order valence-corrected chi connectivity index (χ1v) is 9.42. The fourth-order valence-electron chi connectivity index (χ4n) is 2.89. The Morgan fingerprint density at radius 2 is 1.28 bits per heavy atom. The maximum absolute atomic E-state index is 12.7. The van der Waals surface area contributed by atoms with E-state index in [2.05, 4.69) is 31.4 Å². The molecule has 29 heavy (non-hydrogen) atoms. The third-order valence-corrected chi connectivity index (χ3v) is 4.59. The number of nitrogens with two attached hydrogens (primary N) is 1. The molecule has 3 aromatic carbocycles. The zero-order valence-electron chi connectivity index (χ0n) is 16.8. The quantitative estimate of drug-likeness (QED) is 0.546. The highest BCUT2D eigenvalue weighted by atomic mass is 16.2. The van der Waals surface area contributed by atoms with Gasteiger partial charge in [-0.2, -0.15) is 0 Å². The van der Waals surface area contributed by atoms with E-state index in [0.717, 1.165) is 5.56 Å². The molecule has 0 atom stereocenters. The molecule has 0 aromatic heterocycles. The van der Waals surface area contributed by atoms with Crippen molar-refractivity contribution in [2.24, 2.45) is 0 Å². The molecule has 0 unspecified atom stereocenters. The van der Waals surface area contributed by atoms with Crippen LogP contribution in [0, 0.1) is 0 Å². The monoisotopic (exact) mass is 387 g/mol.